The van der Waals surface area contributed by atoms with Crippen molar-refractivity contribution >= 4 is 18.3 Å². The topological polar surface area (TPSA) is 50.4 Å². The molecule has 114 valence electrons. The minimum atomic E-state index is -0.0579. The molecule has 1 rings (SSSR count). The maximum atomic E-state index is 11.9. The lowest BCUT2D eigenvalue weighted by Gasteiger charge is -2.12. The van der Waals surface area contributed by atoms with Crippen LogP contribution in [0.1, 0.15) is 31.1 Å². The summed E-state index contributed by atoms with van der Waals surface area (Å²) in [7, 11) is 1.87. The molecule has 4 nitrogen and oxygen atoms in total. The molecule has 0 aromatic heterocycles. The van der Waals surface area contributed by atoms with E-state index in [9.17, 15) is 4.79 Å². The van der Waals surface area contributed by atoms with Crippen LogP contribution >= 0.6 is 12.4 Å². The van der Waals surface area contributed by atoms with E-state index in [1.165, 1.54) is 0 Å². The zero-order valence-corrected chi connectivity index (χ0v) is 13.4. The second-order valence-corrected chi connectivity index (χ2v) is 5.13. The van der Waals surface area contributed by atoms with Gasteiger partial charge < -0.3 is 15.4 Å². The van der Waals surface area contributed by atoms with Crippen LogP contribution in [-0.4, -0.2) is 32.1 Å². The number of rotatable bonds is 7. The van der Waals surface area contributed by atoms with Crippen molar-refractivity contribution in [1.29, 1.82) is 0 Å². The highest BCUT2D eigenvalue weighted by molar-refractivity contribution is 5.94. The third kappa shape index (κ3) is 6.78. The Morgan fingerprint density at radius 1 is 1.20 bits per heavy atom. The van der Waals surface area contributed by atoms with Crippen LogP contribution in [0.15, 0.2) is 24.3 Å². The van der Waals surface area contributed by atoms with Crippen molar-refractivity contribution < 1.29 is 9.53 Å². The van der Waals surface area contributed by atoms with Gasteiger partial charge in [0.2, 0.25) is 0 Å². The fraction of sp³-hybridized carbons (Fsp3) is 0.533. The summed E-state index contributed by atoms with van der Waals surface area (Å²) in [6.45, 7) is 7.52. The number of hydrogen-bond donors (Lipinski definition) is 2. The number of ether oxygens (including phenoxy) is 1. The average Bonchev–Trinajstić information content (AvgIpc) is 2.42. The molecule has 0 aliphatic rings. The summed E-state index contributed by atoms with van der Waals surface area (Å²) in [5.41, 5.74) is 0.653. The van der Waals surface area contributed by atoms with Gasteiger partial charge in [-0.1, -0.05) is 13.8 Å². The zero-order valence-electron chi connectivity index (χ0n) is 12.6. The van der Waals surface area contributed by atoms with E-state index >= 15 is 0 Å². The zero-order chi connectivity index (χ0) is 14.3. The summed E-state index contributed by atoms with van der Waals surface area (Å²) in [4.78, 5) is 11.9. The fourth-order valence-electron chi connectivity index (χ4n) is 1.42. The molecule has 2 N–H and O–H groups in total. The van der Waals surface area contributed by atoms with Crippen LogP contribution in [0.2, 0.25) is 0 Å². The summed E-state index contributed by atoms with van der Waals surface area (Å²) in [6.07, 6.45) is 0. The molecule has 0 saturated heterocycles. The number of halogens is 1. The molecule has 0 aliphatic heterocycles. The lowest BCUT2D eigenvalue weighted by molar-refractivity contribution is 0.0950. The molecule has 0 saturated carbocycles. The smallest absolute Gasteiger partial charge is 0.251 e. The van der Waals surface area contributed by atoms with Gasteiger partial charge in [-0.2, -0.15) is 0 Å². The van der Waals surface area contributed by atoms with Crippen molar-refractivity contribution in [2.45, 2.75) is 26.8 Å². The molecule has 1 atom stereocenters. The van der Waals surface area contributed by atoms with Crippen LogP contribution < -0.4 is 15.4 Å². The van der Waals surface area contributed by atoms with E-state index in [1.54, 1.807) is 12.1 Å². The number of benzene rings is 1. The lowest BCUT2D eigenvalue weighted by Crippen LogP contribution is -2.37. The minimum absolute atomic E-state index is 0. The number of carbonyl (C=O) groups excluding carboxylic acids is 1. The Labute approximate surface area is 127 Å². The van der Waals surface area contributed by atoms with Crippen LogP contribution in [0.4, 0.5) is 0 Å². The molecule has 0 radical (unpaired) electrons. The number of carbonyl (C=O) groups is 1. The average molecular weight is 301 g/mol. The van der Waals surface area contributed by atoms with Crippen molar-refractivity contribution in [1.82, 2.24) is 10.6 Å². The van der Waals surface area contributed by atoms with Gasteiger partial charge in [0.1, 0.15) is 5.75 Å². The fourth-order valence-corrected chi connectivity index (χ4v) is 1.42. The first kappa shape index (κ1) is 18.7. The van der Waals surface area contributed by atoms with E-state index in [2.05, 4.69) is 24.5 Å². The Morgan fingerprint density at radius 3 is 2.30 bits per heavy atom. The summed E-state index contributed by atoms with van der Waals surface area (Å²) >= 11 is 0. The number of nitrogens with one attached hydrogen (secondary N) is 2. The maximum absolute atomic E-state index is 11.9. The SMILES string of the molecule is CNC(C)CNC(=O)c1ccc(OCC(C)C)cc1.Cl. The van der Waals surface area contributed by atoms with Crippen LogP contribution in [-0.2, 0) is 0 Å². The van der Waals surface area contributed by atoms with Gasteiger partial charge in [-0.3, -0.25) is 4.79 Å². The summed E-state index contributed by atoms with van der Waals surface area (Å²) in [5, 5.41) is 5.95. The first-order valence-electron chi connectivity index (χ1n) is 6.71. The number of amides is 1. The predicted molar refractivity (Wildman–Crippen MR) is 84.9 cm³/mol. The van der Waals surface area contributed by atoms with E-state index in [-0.39, 0.29) is 24.4 Å². The van der Waals surface area contributed by atoms with Crippen LogP contribution in [0.3, 0.4) is 0 Å². The van der Waals surface area contributed by atoms with E-state index < -0.39 is 0 Å². The molecule has 1 aromatic carbocycles. The van der Waals surface area contributed by atoms with Gasteiger partial charge >= 0.3 is 0 Å². The minimum Gasteiger partial charge on any atom is -0.493 e. The highest BCUT2D eigenvalue weighted by Crippen LogP contribution is 2.13. The Bertz CT molecular complexity index is 393. The van der Waals surface area contributed by atoms with Crippen molar-refractivity contribution in [3.63, 3.8) is 0 Å². The van der Waals surface area contributed by atoms with Crippen LogP contribution in [0.5, 0.6) is 5.75 Å². The molecule has 0 heterocycles. The molecule has 20 heavy (non-hydrogen) atoms. The van der Waals surface area contributed by atoms with Gasteiger partial charge in [-0.25, -0.2) is 0 Å². The Morgan fingerprint density at radius 2 is 1.80 bits per heavy atom. The van der Waals surface area contributed by atoms with Crippen molar-refractivity contribution in [3.05, 3.63) is 29.8 Å². The van der Waals surface area contributed by atoms with Crippen LogP contribution in [0, 0.1) is 5.92 Å². The second kappa shape index (κ2) is 9.61. The van der Waals surface area contributed by atoms with Gasteiger partial charge in [0.05, 0.1) is 6.61 Å². The monoisotopic (exact) mass is 300 g/mol. The molecule has 0 aliphatic carbocycles. The first-order valence-corrected chi connectivity index (χ1v) is 6.71. The maximum Gasteiger partial charge on any atom is 0.251 e. The van der Waals surface area contributed by atoms with E-state index in [0.29, 0.717) is 24.6 Å². The molecule has 1 unspecified atom stereocenters. The molecule has 5 heteroatoms. The molecule has 0 fully saturated rings. The Balaban J connectivity index is 0.00000361. The lowest BCUT2D eigenvalue weighted by atomic mass is 10.2. The van der Waals surface area contributed by atoms with E-state index in [0.717, 1.165) is 5.75 Å². The number of hydrogen-bond acceptors (Lipinski definition) is 3. The largest absolute Gasteiger partial charge is 0.493 e. The quantitative estimate of drug-likeness (QED) is 0.813. The summed E-state index contributed by atoms with van der Waals surface area (Å²) in [6, 6.07) is 7.50. The third-order valence-corrected chi connectivity index (χ3v) is 2.76. The van der Waals surface area contributed by atoms with Gasteiger partial charge in [-0.15, -0.1) is 12.4 Å². The summed E-state index contributed by atoms with van der Waals surface area (Å²) < 4.78 is 5.58. The van der Waals surface area contributed by atoms with Crippen LogP contribution in [0.25, 0.3) is 0 Å². The molecular weight excluding hydrogens is 276 g/mol. The summed E-state index contributed by atoms with van der Waals surface area (Å²) in [5.74, 6) is 1.23. The predicted octanol–water partition coefficient (Wildman–Crippen LogP) is 2.48. The van der Waals surface area contributed by atoms with Crippen molar-refractivity contribution in [2.75, 3.05) is 20.2 Å². The highest BCUT2D eigenvalue weighted by atomic mass is 35.5. The van der Waals surface area contributed by atoms with E-state index in [1.807, 2.05) is 26.1 Å². The highest BCUT2D eigenvalue weighted by Gasteiger charge is 2.07. The number of likely N-dealkylation sites (N-methyl/N-ethyl adjacent to an activating group) is 1. The Hall–Kier alpha value is -1.26. The molecular formula is C15H25ClN2O2. The molecule has 0 bridgehead atoms. The third-order valence-electron chi connectivity index (χ3n) is 2.76. The second-order valence-electron chi connectivity index (χ2n) is 5.13. The molecule has 0 spiro atoms. The van der Waals surface area contributed by atoms with Crippen molar-refractivity contribution in [3.8, 4) is 5.75 Å². The van der Waals surface area contributed by atoms with Gasteiger partial charge in [0, 0.05) is 18.2 Å². The van der Waals surface area contributed by atoms with Crippen molar-refractivity contribution in [2.24, 2.45) is 5.92 Å². The standard InChI is InChI=1S/C15H24N2O2.ClH/c1-11(2)10-19-14-7-5-13(6-8-14)15(18)17-9-12(3)16-4;/h5-8,11-12,16H,9-10H2,1-4H3,(H,17,18);1H. The van der Waals surface area contributed by atoms with E-state index in [4.69, 9.17) is 4.74 Å². The van der Waals surface area contributed by atoms with Gasteiger partial charge in [0.25, 0.3) is 5.91 Å². The van der Waals surface area contributed by atoms with Gasteiger partial charge in [-0.05, 0) is 44.2 Å². The normalized spacial score (nSPS) is 11.7. The molecule has 1 aromatic rings. The first-order chi connectivity index (χ1) is 9.02. The Kier molecular flexibility index (Phi) is 9.01. The van der Waals surface area contributed by atoms with Gasteiger partial charge in [0.15, 0.2) is 0 Å². The molecule has 1 amide bonds.